The molecule has 0 N–H and O–H groups in total. The first-order valence-electron chi connectivity index (χ1n) is 13.3. The molecular weight excluding hydrogens is 549 g/mol. The van der Waals surface area contributed by atoms with Crippen LogP contribution < -0.4 is 15.3 Å². The Hall–Kier alpha value is -4.25. The van der Waals surface area contributed by atoms with E-state index in [1.807, 2.05) is 32.6 Å². The molecule has 3 aromatic heterocycles. The van der Waals surface area contributed by atoms with E-state index in [1.165, 1.54) is 16.7 Å². The van der Waals surface area contributed by atoms with Crippen molar-refractivity contribution in [2.24, 2.45) is 0 Å². The Morgan fingerprint density at radius 3 is 2.68 bits per heavy atom. The van der Waals surface area contributed by atoms with Crippen molar-refractivity contribution in [2.45, 2.75) is 39.3 Å². The van der Waals surface area contributed by atoms with Crippen LogP contribution in [0.2, 0.25) is 5.02 Å². The highest BCUT2D eigenvalue weighted by Crippen LogP contribution is 2.45. The Morgan fingerprint density at radius 2 is 1.98 bits per heavy atom. The smallest absolute Gasteiger partial charge is 0.357 e. The normalized spacial score (nSPS) is 16.8. The minimum Gasteiger partial charge on any atom is -0.489 e. The van der Waals surface area contributed by atoms with Crippen LogP contribution in [0.1, 0.15) is 26.3 Å². The zero-order valence-electron chi connectivity index (χ0n) is 23.2. The van der Waals surface area contributed by atoms with Crippen molar-refractivity contribution in [1.82, 2.24) is 29.2 Å². The van der Waals surface area contributed by atoms with E-state index >= 15 is 4.39 Å². The molecule has 0 aliphatic carbocycles. The third-order valence-corrected chi connectivity index (χ3v) is 7.81. The van der Waals surface area contributed by atoms with Gasteiger partial charge in [-0.2, -0.15) is 10.1 Å². The zero-order chi connectivity index (χ0) is 29.2. The van der Waals surface area contributed by atoms with Crippen LogP contribution in [-0.4, -0.2) is 67.4 Å². The van der Waals surface area contributed by atoms with E-state index in [-0.39, 0.29) is 46.2 Å². The number of aromatic nitrogens is 5. The number of anilines is 1. The number of amides is 1. The van der Waals surface area contributed by atoms with Crippen molar-refractivity contribution in [3.63, 3.8) is 0 Å². The number of carbonyl (C=O) groups excluding carboxylic acids is 1. The maximum atomic E-state index is 15.1. The monoisotopic (exact) mass is 577 g/mol. The fraction of sp³-hybridized carbons (Fsp3) is 0.345. The highest BCUT2D eigenvalue weighted by atomic mass is 35.5. The van der Waals surface area contributed by atoms with Crippen LogP contribution in [0.5, 0.6) is 5.75 Å². The van der Waals surface area contributed by atoms with Crippen molar-refractivity contribution < 1.29 is 13.9 Å². The summed E-state index contributed by atoms with van der Waals surface area (Å²) < 4.78 is 24.6. The lowest BCUT2D eigenvalue weighted by Gasteiger charge is -2.40. The molecule has 212 valence electrons. The third-order valence-electron chi connectivity index (χ3n) is 7.46. The van der Waals surface area contributed by atoms with Crippen LogP contribution >= 0.6 is 11.6 Å². The molecule has 6 rings (SSSR count). The number of rotatable bonds is 3. The van der Waals surface area contributed by atoms with Gasteiger partial charge in [-0.1, -0.05) is 30.3 Å². The zero-order valence-corrected chi connectivity index (χ0v) is 23.9. The van der Waals surface area contributed by atoms with Crippen LogP contribution in [0.3, 0.4) is 0 Å². The molecule has 2 aliphatic heterocycles. The van der Waals surface area contributed by atoms with Gasteiger partial charge in [-0.05, 0) is 45.9 Å². The first-order valence-corrected chi connectivity index (χ1v) is 13.7. The number of aryl methyl sites for hydroxylation is 1. The number of nitrogens with zero attached hydrogens (tertiary/aromatic N) is 7. The van der Waals surface area contributed by atoms with Gasteiger partial charge in [-0.3, -0.25) is 4.79 Å². The van der Waals surface area contributed by atoms with E-state index in [2.05, 4.69) is 16.7 Å². The Morgan fingerprint density at radius 1 is 1.22 bits per heavy atom. The van der Waals surface area contributed by atoms with Crippen molar-refractivity contribution in [3.05, 3.63) is 70.0 Å². The van der Waals surface area contributed by atoms with E-state index in [0.717, 1.165) is 5.56 Å². The lowest BCUT2D eigenvalue weighted by Crippen LogP contribution is -2.56. The number of hydrogen-bond acceptors (Lipinski definition) is 7. The van der Waals surface area contributed by atoms with Crippen LogP contribution in [-0.2, 0) is 10.3 Å². The molecule has 1 amide bonds. The molecule has 0 spiro atoms. The van der Waals surface area contributed by atoms with E-state index in [9.17, 15) is 9.59 Å². The lowest BCUT2D eigenvalue weighted by atomic mass is 10.1. The van der Waals surface area contributed by atoms with E-state index in [0.29, 0.717) is 36.7 Å². The Labute approximate surface area is 240 Å². The molecule has 5 heterocycles. The standard InChI is InChI=1S/C29H29ClFN7O3/c1-6-20(39)35-11-12-36-17(14-35)15-41-24-21-25(36)34-28(40)37(27-16(2)13-32-38(27)29(3,4)5)26(21)33-23(22(24)30)18-9-7-8-10-19(18)31/h6-10,13,17H,1,11-12,14-15H2,2-5H3/t17-/m1/s1. The number of hydrogen-bond donors (Lipinski definition) is 0. The SMILES string of the molecule is C=CC(=O)N1CCN2c3nc(=O)n(-c4c(C)cnn4C(C)(C)C)c4nc(-c5ccccc5F)c(Cl)c(c34)OC[C@H]2C1. The number of pyridine rings is 1. The van der Waals surface area contributed by atoms with Gasteiger partial charge >= 0.3 is 5.69 Å². The Kier molecular flexibility index (Phi) is 6.37. The molecule has 0 radical (unpaired) electrons. The van der Waals surface area contributed by atoms with Gasteiger partial charge in [0, 0.05) is 30.8 Å². The van der Waals surface area contributed by atoms with Crippen LogP contribution in [0.25, 0.3) is 28.1 Å². The number of ether oxygens (including phenoxy) is 1. The Bertz CT molecular complexity index is 1790. The van der Waals surface area contributed by atoms with Crippen molar-refractivity contribution >= 4 is 34.4 Å². The first-order chi connectivity index (χ1) is 19.5. The summed E-state index contributed by atoms with van der Waals surface area (Å²) in [4.78, 5) is 39.5. The van der Waals surface area contributed by atoms with Crippen molar-refractivity contribution in [3.8, 4) is 22.8 Å². The largest absolute Gasteiger partial charge is 0.489 e. The molecular formula is C29H29ClFN7O3. The quantitative estimate of drug-likeness (QED) is 0.338. The fourth-order valence-corrected chi connectivity index (χ4v) is 5.81. The summed E-state index contributed by atoms with van der Waals surface area (Å²) in [5.41, 5.74) is 0.196. The summed E-state index contributed by atoms with van der Waals surface area (Å²) in [5.74, 6) is 0.397. The predicted molar refractivity (Wildman–Crippen MR) is 154 cm³/mol. The second-order valence-electron chi connectivity index (χ2n) is 11.2. The molecule has 1 saturated heterocycles. The minimum absolute atomic E-state index is 0.107. The Balaban J connectivity index is 1.69. The van der Waals surface area contributed by atoms with Crippen LogP contribution in [0, 0.1) is 12.7 Å². The maximum absolute atomic E-state index is 15.1. The molecule has 4 aromatic rings. The van der Waals surface area contributed by atoms with Crippen molar-refractivity contribution in [2.75, 3.05) is 31.1 Å². The molecule has 1 aromatic carbocycles. The molecule has 1 atom stereocenters. The maximum Gasteiger partial charge on any atom is 0.357 e. The number of piperazine rings is 1. The second-order valence-corrected chi connectivity index (χ2v) is 11.6. The molecule has 10 nitrogen and oxygen atoms in total. The highest BCUT2D eigenvalue weighted by Gasteiger charge is 2.37. The molecule has 41 heavy (non-hydrogen) atoms. The number of benzene rings is 1. The molecule has 2 aliphatic rings. The van der Waals surface area contributed by atoms with E-state index < -0.39 is 17.0 Å². The van der Waals surface area contributed by atoms with Crippen LogP contribution in [0.15, 0.2) is 47.9 Å². The van der Waals surface area contributed by atoms with E-state index in [1.54, 1.807) is 34.0 Å². The highest BCUT2D eigenvalue weighted by molar-refractivity contribution is 6.36. The van der Waals surface area contributed by atoms with Gasteiger partial charge in [-0.25, -0.2) is 23.4 Å². The van der Waals surface area contributed by atoms with Gasteiger partial charge in [0.25, 0.3) is 0 Å². The number of fused-ring (bicyclic) bond motifs is 2. The molecule has 12 heteroatoms. The van der Waals surface area contributed by atoms with Gasteiger partial charge in [0.2, 0.25) is 5.91 Å². The summed E-state index contributed by atoms with van der Waals surface area (Å²) in [6, 6.07) is 5.85. The summed E-state index contributed by atoms with van der Waals surface area (Å²) in [5, 5.41) is 5.09. The van der Waals surface area contributed by atoms with Gasteiger partial charge in [0.1, 0.15) is 34.5 Å². The predicted octanol–water partition coefficient (Wildman–Crippen LogP) is 4.10. The lowest BCUT2D eigenvalue weighted by molar-refractivity contribution is -0.126. The topological polar surface area (TPSA) is 98.4 Å². The first kappa shape index (κ1) is 26.9. The molecule has 0 saturated carbocycles. The number of halogens is 2. The van der Waals surface area contributed by atoms with Crippen molar-refractivity contribution in [1.29, 1.82) is 0 Å². The van der Waals surface area contributed by atoms with Crippen LogP contribution in [0.4, 0.5) is 10.2 Å². The number of carbonyl (C=O) groups is 1. The third kappa shape index (κ3) is 4.26. The van der Waals surface area contributed by atoms with Gasteiger partial charge < -0.3 is 14.5 Å². The molecule has 0 bridgehead atoms. The summed E-state index contributed by atoms with van der Waals surface area (Å²) in [6.07, 6.45) is 2.96. The van der Waals surface area contributed by atoms with E-state index in [4.69, 9.17) is 21.3 Å². The second kappa shape index (κ2) is 9.69. The van der Waals surface area contributed by atoms with Gasteiger partial charge in [0.15, 0.2) is 11.4 Å². The fourth-order valence-electron chi connectivity index (χ4n) is 5.52. The summed E-state index contributed by atoms with van der Waals surface area (Å²) in [7, 11) is 0. The average molecular weight is 578 g/mol. The summed E-state index contributed by atoms with van der Waals surface area (Å²) >= 11 is 6.94. The molecule has 1 fully saturated rings. The van der Waals surface area contributed by atoms with Gasteiger partial charge in [-0.15, -0.1) is 0 Å². The minimum atomic E-state index is -0.577. The molecule has 0 unspecified atom stereocenters. The van der Waals surface area contributed by atoms with Gasteiger partial charge in [0.05, 0.1) is 23.5 Å². The average Bonchev–Trinajstić information content (AvgIpc) is 3.25. The summed E-state index contributed by atoms with van der Waals surface area (Å²) in [6.45, 7) is 12.7.